The number of ether oxygens (including phenoxy) is 1. The Bertz CT molecular complexity index is 733. The predicted molar refractivity (Wildman–Crippen MR) is 110 cm³/mol. The van der Waals surface area contributed by atoms with E-state index in [1.54, 1.807) is 6.08 Å². The van der Waals surface area contributed by atoms with E-state index in [2.05, 4.69) is 29.8 Å². The van der Waals surface area contributed by atoms with Crippen LogP contribution >= 0.6 is 28.1 Å². The molecule has 0 radical (unpaired) electrons. The van der Waals surface area contributed by atoms with Crippen molar-refractivity contribution in [1.29, 1.82) is 0 Å². The van der Waals surface area contributed by atoms with Gasteiger partial charge in [0.25, 0.3) is 11.8 Å². The zero-order valence-electron chi connectivity index (χ0n) is 15.4. The molecule has 1 aliphatic rings. The monoisotopic (exact) mass is 438 g/mol. The van der Waals surface area contributed by atoms with Crippen LogP contribution in [-0.4, -0.2) is 46.4 Å². The van der Waals surface area contributed by atoms with E-state index in [-0.39, 0.29) is 22.5 Å². The lowest BCUT2D eigenvalue weighted by molar-refractivity contribution is -0.133. The molecule has 1 aromatic rings. The van der Waals surface area contributed by atoms with Crippen LogP contribution in [0.1, 0.15) is 33.3 Å². The van der Waals surface area contributed by atoms with Crippen molar-refractivity contribution < 1.29 is 14.3 Å². The van der Waals surface area contributed by atoms with E-state index in [4.69, 9.17) is 17.0 Å². The van der Waals surface area contributed by atoms with Crippen LogP contribution in [0.4, 0.5) is 0 Å². The molecule has 0 aromatic heterocycles. The van der Waals surface area contributed by atoms with Crippen molar-refractivity contribution in [2.24, 2.45) is 5.92 Å². The molecule has 2 amide bonds. The number of likely N-dealkylation sites (N-methyl/N-ethyl adjacent to an activating group) is 2. The van der Waals surface area contributed by atoms with Crippen LogP contribution in [0, 0.1) is 5.92 Å². The summed E-state index contributed by atoms with van der Waals surface area (Å²) in [5.74, 6) is 0.436. The summed E-state index contributed by atoms with van der Waals surface area (Å²) in [6.07, 6.45) is 1.61. The molecule has 140 valence electrons. The first-order valence-corrected chi connectivity index (χ1v) is 9.81. The van der Waals surface area contributed by atoms with Gasteiger partial charge in [-0.25, -0.2) is 0 Å². The highest BCUT2D eigenvalue weighted by molar-refractivity contribution is 9.10. The van der Waals surface area contributed by atoms with Gasteiger partial charge in [-0.3, -0.25) is 19.4 Å². The number of benzene rings is 1. The van der Waals surface area contributed by atoms with Gasteiger partial charge in [0, 0.05) is 13.1 Å². The molecule has 0 spiro atoms. The minimum atomic E-state index is -0.358. The number of hydrogen-bond acceptors (Lipinski definition) is 4. The topological polar surface area (TPSA) is 49.9 Å². The minimum Gasteiger partial charge on any atom is -0.492 e. The van der Waals surface area contributed by atoms with Gasteiger partial charge in [-0.05, 0) is 71.7 Å². The van der Waals surface area contributed by atoms with Gasteiger partial charge in [-0.1, -0.05) is 19.9 Å². The van der Waals surface area contributed by atoms with Crippen LogP contribution < -0.4 is 4.74 Å². The number of nitrogens with zero attached hydrogens (tertiary/aromatic N) is 2. The lowest BCUT2D eigenvalue weighted by Gasteiger charge is -2.35. The van der Waals surface area contributed by atoms with Gasteiger partial charge in [0.15, 0.2) is 5.11 Å². The fourth-order valence-electron chi connectivity index (χ4n) is 2.53. The van der Waals surface area contributed by atoms with Crippen molar-refractivity contribution in [2.75, 3.05) is 19.7 Å². The molecule has 1 aliphatic heterocycles. The second-order valence-corrected chi connectivity index (χ2v) is 7.55. The Hall–Kier alpha value is -1.73. The van der Waals surface area contributed by atoms with Crippen molar-refractivity contribution in [3.8, 4) is 5.75 Å². The Kier molecular flexibility index (Phi) is 6.94. The zero-order chi connectivity index (χ0) is 19.4. The standard InChI is InChI=1S/C19H23BrN2O3S/c1-5-21-17(23)14(18(24)22(6-2)19(21)26)9-13-7-8-16(15(20)10-13)25-11-12(3)4/h7-10,12H,5-6,11H2,1-4H3. The number of thiocarbonyl (C=S) groups is 1. The van der Waals surface area contributed by atoms with Crippen LogP contribution in [0.5, 0.6) is 5.75 Å². The molecule has 0 N–H and O–H groups in total. The van der Waals surface area contributed by atoms with Gasteiger partial charge in [0.05, 0.1) is 11.1 Å². The highest BCUT2D eigenvalue weighted by atomic mass is 79.9. The summed E-state index contributed by atoms with van der Waals surface area (Å²) in [4.78, 5) is 28.2. The van der Waals surface area contributed by atoms with Crippen molar-refractivity contribution in [2.45, 2.75) is 27.7 Å². The normalized spacial score (nSPS) is 15.2. The largest absolute Gasteiger partial charge is 0.492 e. The molecule has 2 rings (SSSR count). The van der Waals surface area contributed by atoms with Crippen LogP contribution in [0.3, 0.4) is 0 Å². The van der Waals surface area contributed by atoms with Gasteiger partial charge in [0.1, 0.15) is 11.3 Å². The van der Waals surface area contributed by atoms with Gasteiger partial charge < -0.3 is 4.74 Å². The van der Waals surface area contributed by atoms with E-state index in [1.165, 1.54) is 9.80 Å². The number of rotatable bonds is 6. The number of carbonyl (C=O) groups is 2. The first-order chi connectivity index (χ1) is 12.3. The Balaban J connectivity index is 2.34. The summed E-state index contributed by atoms with van der Waals surface area (Å²) < 4.78 is 6.51. The van der Waals surface area contributed by atoms with Crippen LogP contribution in [0.15, 0.2) is 28.2 Å². The van der Waals surface area contributed by atoms with Crippen molar-refractivity contribution >= 4 is 51.2 Å². The molecule has 0 saturated carbocycles. The van der Waals surface area contributed by atoms with E-state index in [0.717, 1.165) is 15.8 Å². The summed E-state index contributed by atoms with van der Waals surface area (Å²) in [5, 5.41) is 0.265. The van der Waals surface area contributed by atoms with Crippen LogP contribution in [-0.2, 0) is 9.59 Å². The summed E-state index contributed by atoms with van der Waals surface area (Å²) in [5.41, 5.74) is 0.857. The summed E-state index contributed by atoms with van der Waals surface area (Å²) in [7, 11) is 0. The van der Waals surface area contributed by atoms with E-state index >= 15 is 0 Å². The molecule has 1 saturated heterocycles. The average molecular weight is 439 g/mol. The molecule has 0 unspecified atom stereocenters. The maximum Gasteiger partial charge on any atom is 0.265 e. The molecular weight excluding hydrogens is 416 g/mol. The lowest BCUT2D eigenvalue weighted by atomic mass is 10.1. The van der Waals surface area contributed by atoms with Gasteiger partial charge in [-0.2, -0.15) is 0 Å². The third kappa shape index (κ3) is 4.32. The van der Waals surface area contributed by atoms with Crippen LogP contribution in [0.2, 0.25) is 0 Å². The van der Waals surface area contributed by atoms with Crippen molar-refractivity contribution in [3.63, 3.8) is 0 Å². The highest BCUT2D eigenvalue weighted by Gasteiger charge is 2.37. The Labute approximate surface area is 168 Å². The van der Waals surface area contributed by atoms with Gasteiger partial charge in [-0.15, -0.1) is 0 Å². The molecule has 26 heavy (non-hydrogen) atoms. The number of hydrogen-bond donors (Lipinski definition) is 0. The summed E-state index contributed by atoms with van der Waals surface area (Å²) >= 11 is 8.75. The third-order valence-electron chi connectivity index (χ3n) is 3.88. The first-order valence-electron chi connectivity index (χ1n) is 8.61. The predicted octanol–water partition coefficient (Wildman–Crippen LogP) is 3.86. The molecule has 7 heteroatoms. The summed E-state index contributed by atoms with van der Waals surface area (Å²) in [6.45, 7) is 9.29. The SMILES string of the molecule is CCN1C(=O)C(=Cc2ccc(OCC(C)C)c(Br)c2)C(=O)N(CC)C1=S. The van der Waals surface area contributed by atoms with Crippen molar-refractivity contribution in [1.82, 2.24) is 9.80 Å². The smallest absolute Gasteiger partial charge is 0.265 e. The number of halogens is 1. The Morgan fingerprint density at radius 2 is 1.73 bits per heavy atom. The fourth-order valence-corrected chi connectivity index (χ4v) is 3.46. The molecular formula is C19H23BrN2O3S. The maximum absolute atomic E-state index is 12.7. The van der Waals surface area contributed by atoms with E-state index < -0.39 is 0 Å². The number of carbonyl (C=O) groups excluding carboxylic acids is 2. The molecule has 0 aliphatic carbocycles. The Morgan fingerprint density at radius 3 is 2.19 bits per heavy atom. The molecule has 0 atom stereocenters. The average Bonchev–Trinajstić information content (AvgIpc) is 2.58. The Morgan fingerprint density at radius 1 is 1.15 bits per heavy atom. The molecule has 5 nitrogen and oxygen atoms in total. The molecule has 0 bridgehead atoms. The quantitative estimate of drug-likeness (QED) is 0.384. The van der Waals surface area contributed by atoms with Gasteiger partial charge >= 0.3 is 0 Å². The lowest BCUT2D eigenvalue weighted by Crippen LogP contribution is -2.55. The van der Waals surface area contributed by atoms with Crippen LogP contribution in [0.25, 0.3) is 6.08 Å². The number of amides is 2. The fraction of sp³-hybridized carbons (Fsp3) is 0.421. The second kappa shape index (κ2) is 8.77. The molecule has 1 heterocycles. The first kappa shape index (κ1) is 20.6. The van der Waals surface area contributed by atoms with Crippen molar-refractivity contribution in [3.05, 3.63) is 33.8 Å². The highest BCUT2D eigenvalue weighted by Crippen LogP contribution is 2.28. The minimum absolute atomic E-state index is 0.116. The van der Waals surface area contributed by atoms with E-state index in [9.17, 15) is 9.59 Å². The molecule has 1 fully saturated rings. The second-order valence-electron chi connectivity index (χ2n) is 6.33. The van der Waals surface area contributed by atoms with E-state index in [0.29, 0.717) is 25.6 Å². The zero-order valence-corrected chi connectivity index (χ0v) is 17.8. The maximum atomic E-state index is 12.7. The third-order valence-corrected chi connectivity index (χ3v) is 4.94. The van der Waals surface area contributed by atoms with Gasteiger partial charge in [0.2, 0.25) is 0 Å². The van der Waals surface area contributed by atoms with E-state index in [1.807, 2.05) is 32.0 Å². The summed E-state index contributed by atoms with van der Waals surface area (Å²) in [6, 6.07) is 5.49. The molecule has 1 aromatic carbocycles.